The Bertz CT molecular complexity index is 577. The Labute approximate surface area is 135 Å². The van der Waals surface area contributed by atoms with E-state index in [1.165, 1.54) is 4.90 Å². The number of pyridine rings is 1. The molecule has 7 heteroatoms. The van der Waals surface area contributed by atoms with Crippen LogP contribution in [0.1, 0.15) is 29.4 Å². The second kappa shape index (κ2) is 6.96. The van der Waals surface area contributed by atoms with Crippen molar-refractivity contribution in [3.8, 4) is 0 Å². The summed E-state index contributed by atoms with van der Waals surface area (Å²) in [5.41, 5.74) is 1.31. The van der Waals surface area contributed by atoms with Crippen molar-refractivity contribution in [3.63, 3.8) is 0 Å². The lowest BCUT2D eigenvalue weighted by Crippen LogP contribution is -2.33. The zero-order valence-electron chi connectivity index (χ0n) is 13.0. The average Bonchev–Trinajstić information content (AvgIpc) is 2.94. The van der Waals surface area contributed by atoms with Crippen LogP contribution in [-0.4, -0.2) is 60.1 Å². The molecular formula is C15H20ClN3O3. The lowest BCUT2D eigenvalue weighted by Gasteiger charge is -2.18. The standard InChI is InChI=1S/C15H20ClN3O3/c1-4-11-7-10(8-13(16)17-11)14(20)19-6-5-12(9-19)22-15(21)18(2)3/h7-8,12H,4-6,9H2,1-3H3. The third-order valence-electron chi connectivity index (χ3n) is 3.52. The molecule has 0 saturated carbocycles. The van der Waals surface area contributed by atoms with E-state index in [0.29, 0.717) is 36.6 Å². The SMILES string of the molecule is CCc1cc(C(=O)N2CCC(OC(=O)N(C)C)C2)cc(Cl)n1. The Morgan fingerprint density at radius 1 is 1.45 bits per heavy atom. The predicted molar refractivity (Wildman–Crippen MR) is 83.1 cm³/mol. The van der Waals surface area contributed by atoms with Crippen molar-refractivity contribution in [1.82, 2.24) is 14.8 Å². The normalized spacial score (nSPS) is 17.5. The van der Waals surface area contributed by atoms with Crippen LogP contribution in [0.4, 0.5) is 4.79 Å². The van der Waals surface area contributed by atoms with E-state index in [4.69, 9.17) is 16.3 Å². The molecule has 1 aromatic rings. The van der Waals surface area contributed by atoms with Crippen molar-refractivity contribution in [2.24, 2.45) is 0 Å². The fourth-order valence-electron chi connectivity index (χ4n) is 2.30. The van der Waals surface area contributed by atoms with Gasteiger partial charge in [0.2, 0.25) is 0 Å². The summed E-state index contributed by atoms with van der Waals surface area (Å²) in [5, 5.41) is 0.317. The summed E-state index contributed by atoms with van der Waals surface area (Å²) >= 11 is 5.96. The van der Waals surface area contributed by atoms with Gasteiger partial charge in [0.1, 0.15) is 11.3 Å². The first-order chi connectivity index (χ1) is 10.4. The highest BCUT2D eigenvalue weighted by Gasteiger charge is 2.30. The number of likely N-dealkylation sites (tertiary alicyclic amines) is 1. The fraction of sp³-hybridized carbons (Fsp3) is 0.533. The van der Waals surface area contributed by atoms with Crippen LogP contribution in [0, 0.1) is 0 Å². The van der Waals surface area contributed by atoms with Crippen LogP contribution in [0.5, 0.6) is 0 Å². The van der Waals surface area contributed by atoms with E-state index >= 15 is 0 Å². The Balaban J connectivity index is 2.03. The summed E-state index contributed by atoms with van der Waals surface area (Å²) in [4.78, 5) is 31.3. The van der Waals surface area contributed by atoms with Gasteiger partial charge in [-0.2, -0.15) is 0 Å². The predicted octanol–water partition coefficient (Wildman–Crippen LogP) is 2.21. The van der Waals surface area contributed by atoms with Crippen LogP contribution < -0.4 is 0 Å². The highest BCUT2D eigenvalue weighted by Crippen LogP contribution is 2.19. The number of carbonyl (C=O) groups is 2. The maximum Gasteiger partial charge on any atom is 0.409 e. The summed E-state index contributed by atoms with van der Waals surface area (Å²) in [5.74, 6) is -0.109. The molecule has 0 aliphatic carbocycles. The Morgan fingerprint density at radius 2 is 2.18 bits per heavy atom. The van der Waals surface area contributed by atoms with Gasteiger partial charge in [-0.15, -0.1) is 0 Å². The molecule has 2 rings (SSSR count). The smallest absolute Gasteiger partial charge is 0.409 e. The summed E-state index contributed by atoms with van der Waals surface area (Å²) in [6, 6.07) is 3.33. The first-order valence-corrected chi connectivity index (χ1v) is 7.62. The maximum absolute atomic E-state index is 12.5. The zero-order valence-corrected chi connectivity index (χ0v) is 13.8. The third kappa shape index (κ3) is 3.88. The molecule has 2 amide bonds. The number of amides is 2. The van der Waals surface area contributed by atoms with Crippen molar-refractivity contribution in [2.75, 3.05) is 27.2 Å². The molecule has 1 atom stereocenters. The molecule has 0 radical (unpaired) electrons. The van der Waals surface area contributed by atoms with Gasteiger partial charge >= 0.3 is 6.09 Å². The summed E-state index contributed by atoms with van der Waals surface area (Å²) in [6.45, 7) is 2.92. The molecule has 22 heavy (non-hydrogen) atoms. The van der Waals surface area contributed by atoms with Gasteiger partial charge in [0.15, 0.2) is 0 Å². The van der Waals surface area contributed by atoms with Crippen LogP contribution in [0.2, 0.25) is 5.15 Å². The number of carbonyl (C=O) groups excluding carboxylic acids is 2. The van der Waals surface area contributed by atoms with Crippen molar-refractivity contribution in [3.05, 3.63) is 28.5 Å². The number of rotatable bonds is 3. The second-order valence-electron chi connectivity index (χ2n) is 5.46. The Kier molecular flexibility index (Phi) is 5.24. The molecule has 0 aromatic carbocycles. The van der Waals surface area contributed by atoms with Crippen LogP contribution in [0.15, 0.2) is 12.1 Å². The van der Waals surface area contributed by atoms with Gasteiger partial charge in [-0.25, -0.2) is 9.78 Å². The highest BCUT2D eigenvalue weighted by atomic mass is 35.5. The first-order valence-electron chi connectivity index (χ1n) is 7.24. The molecule has 1 saturated heterocycles. The molecule has 1 aromatic heterocycles. The number of hydrogen-bond donors (Lipinski definition) is 0. The monoisotopic (exact) mass is 325 g/mol. The van der Waals surface area contributed by atoms with E-state index in [1.54, 1.807) is 31.1 Å². The van der Waals surface area contributed by atoms with Crippen LogP contribution >= 0.6 is 11.6 Å². The largest absolute Gasteiger partial charge is 0.444 e. The number of halogens is 1. The van der Waals surface area contributed by atoms with Gasteiger partial charge in [0.25, 0.3) is 5.91 Å². The second-order valence-corrected chi connectivity index (χ2v) is 5.85. The average molecular weight is 326 g/mol. The third-order valence-corrected chi connectivity index (χ3v) is 3.71. The molecule has 0 spiro atoms. The first kappa shape index (κ1) is 16.5. The van der Waals surface area contributed by atoms with Crippen molar-refractivity contribution < 1.29 is 14.3 Å². The van der Waals surface area contributed by atoms with Crippen molar-refractivity contribution >= 4 is 23.6 Å². The van der Waals surface area contributed by atoms with Crippen molar-refractivity contribution in [2.45, 2.75) is 25.9 Å². The number of aromatic nitrogens is 1. The number of aryl methyl sites for hydroxylation is 1. The van der Waals surface area contributed by atoms with E-state index in [-0.39, 0.29) is 18.1 Å². The lowest BCUT2D eigenvalue weighted by molar-refractivity contribution is 0.0665. The number of ether oxygens (including phenoxy) is 1. The minimum Gasteiger partial charge on any atom is -0.444 e. The number of hydrogen-bond acceptors (Lipinski definition) is 4. The minimum absolute atomic E-state index is 0.109. The van der Waals surface area contributed by atoms with Crippen LogP contribution in [-0.2, 0) is 11.2 Å². The quantitative estimate of drug-likeness (QED) is 0.799. The number of nitrogens with zero attached hydrogens (tertiary/aromatic N) is 3. The van der Waals surface area contributed by atoms with Crippen molar-refractivity contribution in [1.29, 1.82) is 0 Å². The molecule has 6 nitrogen and oxygen atoms in total. The van der Waals surface area contributed by atoms with E-state index in [0.717, 1.165) is 5.69 Å². The van der Waals surface area contributed by atoms with E-state index in [2.05, 4.69) is 4.98 Å². The summed E-state index contributed by atoms with van der Waals surface area (Å²) in [7, 11) is 3.26. The molecule has 1 unspecified atom stereocenters. The molecule has 120 valence electrons. The molecule has 1 aliphatic heterocycles. The Hall–Kier alpha value is -1.82. The van der Waals surface area contributed by atoms with Gasteiger partial charge in [-0.1, -0.05) is 18.5 Å². The van der Waals surface area contributed by atoms with Gasteiger partial charge in [0, 0.05) is 38.3 Å². The van der Waals surface area contributed by atoms with E-state index < -0.39 is 0 Å². The minimum atomic E-state index is -0.389. The molecule has 1 fully saturated rings. The zero-order chi connectivity index (χ0) is 16.3. The van der Waals surface area contributed by atoms with E-state index in [1.807, 2.05) is 6.92 Å². The molecule has 2 heterocycles. The van der Waals surface area contributed by atoms with E-state index in [9.17, 15) is 9.59 Å². The topological polar surface area (TPSA) is 62.7 Å². The Morgan fingerprint density at radius 3 is 2.82 bits per heavy atom. The summed E-state index contributed by atoms with van der Waals surface area (Å²) < 4.78 is 5.31. The van der Waals surface area contributed by atoms with Gasteiger partial charge < -0.3 is 14.5 Å². The molecule has 0 bridgehead atoms. The highest BCUT2D eigenvalue weighted by molar-refractivity contribution is 6.29. The lowest BCUT2D eigenvalue weighted by atomic mass is 10.2. The van der Waals surface area contributed by atoms with Gasteiger partial charge in [0.05, 0.1) is 6.54 Å². The maximum atomic E-state index is 12.5. The molecule has 0 N–H and O–H groups in total. The summed E-state index contributed by atoms with van der Waals surface area (Å²) in [6.07, 6.45) is 0.704. The van der Waals surface area contributed by atoms with Gasteiger partial charge in [-0.3, -0.25) is 4.79 Å². The molecule has 1 aliphatic rings. The fourth-order valence-corrected chi connectivity index (χ4v) is 2.52. The van der Waals surface area contributed by atoms with Gasteiger partial charge in [-0.05, 0) is 18.6 Å². The van der Waals surface area contributed by atoms with Crippen LogP contribution in [0.25, 0.3) is 0 Å². The molecular weight excluding hydrogens is 306 g/mol. The van der Waals surface area contributed by atoms with Crippen LogP contribution in [0.3, 0.4) is 0 Å².